The van der Waals surface area contributed by atoms with E-state index in [9.17, 15) is 0 Å². The second-order valence-electron chi connectivity index (χ2n) is 16.9. The molecule has 1 spiro atoms. The van der Waals surface area contributed by atoms with Gasteiger partial charge in [-0.25, -0.2) is 0 Å². The molecular formula is C62H39N. The van der Waals surface area contributed by atoms with E-state index in [0.29, 0.717) is 0 Å². The summed E-state index contributed by atoms with van der Waals surface area (Å²) in [6.45, 7) is 0. The zero-order chi connectivity index (χ0) is 41.5. The van der Waals surface area contributed by atoms with Gasteiger partial charge in [-0.05, 0) is 123 Å². The normalized spacial score (nSPS) is 12.9. The third kappa shape index (κ3) is 5.27. The Bertz CT molecular complexity index is 3520. The number of aromatic nitrogens is 1. The number of rotatable bonds is 5. The molecule has 0 N–H and O–H groups in total. The number of fused-ring (bicyclic) bond motifs is 12. The van der Waals surface area contributed by atoms with Crippen molar-refractivity contribution in [2.24, 2.45) is 0 Å². The van der Waals surface area contributed by atoms with E-state index < -0.39 is 5.41 Å². The fraction of sp³-hybridized carbons (Fsp3) is 0.0161. The standard InChI is InChI=1S/C62H39N/c1-3-15-40(16-4-1)42-27-29-43(30-28-42)60-51-22-7-8-23-52(51)61(53-35-31-44(37-54(53)60)41-17-5-2-6-18-41)46-33-36-59(63-39-46)45-32-34-50-49-21-11-14-26-57(49)62(58(50)38-45)55-24-12-9-19-47(55)48-20-10-13-25-56(48)62/h1-39H. The first-order valence-electron chi connectivity index (χ1n) is 21.9. The van der Waals surface area contributed by atoms with Crippen LogP contribution >= 0.6 is 0 Å². The lowest BCUT2D eigenvalue weighted by atomic mass is 9.70. The summed E-state index contributed by atoms with van der Waals surface area (Å²) >= 11 is 0. The van der Waals surface area contributed by atoms with Gasteiger partial charge in [0.15, 0.2) is 0 Å². The molecule has 0 saturated carbocycles. The summed E-state index contributed by atoms with van der Waals surface area (Å²) in [5, 5.41) is 4.87. The fourth-order valence-electron chi connectivity index (χ4n) is 11.0. The van der Waals surface area contributed by atoms with Gasteiger partial charge in [0.05, 0.1) is 11.1 Å². The molecule has 1 nitrogen and oxygen atoms in total. The molecule has 1 heterocycles. The molecule has 13 rings (SSSR count). The van der Waals surface area contributed by atoms with Gasteiger partial charge in [0, 0.05) is 17.3 Å². The Morgan fingerprint density at radius 2 is 0.683 bits per heavy atom. The molecule has 10 aromatic carbocycles. The first-order valence-corrected chi connectivity index (χ1v) is 21.9. The summed E-state index contributed by atoms with van der Waals surface area (Å²) < 4.78 is 0. The van der Waals surface area contributed by atoms with Crippen molar-refractivity contribution in [3.63, 3.8) is 0 Å². The van der Waals surface area contributed by atoms with Crippen LogP contribution in [0.4, 0.5) is 0 Å². The van der Waals surface area contributed by atoms with Crippen molar-refractivity contribution in [2.45, 2.75) is 5.41 Å². The lowest BCUT2D eigenvalue weighted by molar-refractivity contribution is 0.794. The van der Waals surface area contributed by atoms with E-state index >= 15 is 0 Å². The van der Waals surface area contributed by atoms with Crippen LogP contribution < -0.4 is 0 Å². The maximum atomic E-state index is 5.30. The molecule has 2 aliphatic carbocycles. The molecule has 63 heavy (non-hydrogen) atoms. The Balaban J connectivity index is 0.975. The van der Waals surface area contributed by atoms with E-state index in [4.69, 9.17) is 4.98 Å². The molecule has 0 saturated heterocycles. The highest BCUT2D eigenvalue weighted by Gasteiger charge is 2.51. The largest absolute Gasteiger partial charge is 0.256 e. The van der Waals surface area contributed by atoms with Crippen LogP contribution in [-0.4, -0.2) is 4.98 Å². The summed E-state index contributed by atoms with van der Waals surface area (Å²) in [5.41, 5.74) is 21.9. The monoisotopic (exact) mass is 797 g/mol. The van der Waals surface area contributed by atoms with E-state index in [1.54, 1.807) is 0 Å². The highest BCUT2D eigenvalue weighted by molar-refractivity contribution is 6.22. The van der Waals surface area contributed by atoms with Crippen molar-refractivity contribution < 1.29 is 0 Å². The van der Waals surface area contributed by atoms with E-state index in [-0.39, 0.29) is 0 Å². The number of benzene rings is 10. The minimum absolute atomic E-state index is 0.394. The van der Waals surface area contributed by atoms with Crippen molar-refractivity contribution in [2.75, 3.05) is 0 Å². The van der Waals surface area contributed by atoms with Crippen molar-refractivity contribution in [3.05, 3.63) is 259 Å². The number of hydrogen-bond acceptors (Lipinski definition) is 1. The maximum Gasteiger partial charge on any atom is 0.0725 e. The van der Waals surface area contributed by atoms with Gasteiger partial charge >= 0.3 is 0 Å². The fourth-order valence-corrected chi connectivity index (χ4v) is 11.0. The maximum absolute atomic E-state index is 5.30. The van der Waals surface area contributed by atoms with Crippen molar-refractivity contribution in [3.8, 4) is 78.0 Å². The quantitative estimate of drug-likeness (QED) is 0.158. The zero-order valence-electron chi connectivity index (χ0n) is 34.5. The van der Waals surface area contributed by atoms with E-state index in [0.717, 1.165) is 16.8 Å². The molecule has 0 bridgehead atoms. The molecule has 0 aliphatic heterocycles. The summed E-state index contributed by atoms with van der Waals surface area (Å²) in [7, 11) is 0. The van der Waals surface area contributed by atoms with Gasteiger partial charge in [-0.2, -0.15) is 0 Å². The predicted molar refractivity (Wildman–Crippen MR) is 263 cm³/mol. The molecule has 1 aromatic heterocycles. The lowest BCUT2D eigenvalue weighted by Crippen LogP contribution is -2.25. The van der Waals surface area contributed by atoms with Crippen molar-refractivity contribution in [1.82, 2.24) is 4.98 Å². The average Bonchev–Trinajstić information content (AvgIpc) is 3.83. The Hall–Kier alpha value is -8.13. The molecule has 11 aromatic rings. The van der Waals surface area contributed by atoms with Crippen LogP contribution in [0.1, 0.15) is 22.3 Å². The second kappa shape index (κ2) is 14.0. The van der Waals surface area contributed by atoms with E-state index in [1.165, 1.54) is 105 Å². The Kier molecular flexibility index (Phi) is 7.89. The minimum Gasteiger partial charge on any atom is -0.256 e. The molecule has 292 valence electrons. The van der Waals surface area contributed by atoms with E-state index in [1.807, 2.05) is 0 Å². The summed E-state index contributed by atoms with van der Waals surface area (Å²) in [4.78, 5) is 5.30. The van der Waals surface area contributed by atoms with Gasteiger partial charge in [0.1, 0.15) is 0 Å². The van der Waals surface area contributed by atoms with E-state index in [2.05, 4.69) is 237 Å². The van der Waals surface area contributed by atoms with Crippen molar-refractivity contribution >= 4 is 21.5 Å². The summed E-state index contributed by atoms with van der Waals surface area (Å²) in [5.74, 6) is 0. The SMILES string of the molecule is c1ccc(-c2ccc(-c3c4ccccc4c(-c4ccc(-c5ccc6c(c5)C5(c7ccccc7-c7ccccc75)c5ccccc5-6)nc4)c4ccc(-c5ccccc5)cc34)cc2)cc1. The Morgan fingerprint density at radius 3 is 1.27 bits per heavy atom. The molecular weight excluding hydrogens is 759 g/mol. The minimum atomic E-state index is -0.394. The molecule has 0 radical (unpaired) electrons. The van der Waals surface area contributed by atoms with Gasteiger partial charge in [0.25, 0.3) is 0 Å². The van der Waals surface area contributed by atoms with Gasteiger partial charge in [-0.1, -0.05) is 212 Å². The molecule has 2 aliphatic rings. The zero-order valence-corrected chi connectivity index (χ0v) is 34.5. The van der Waals surface area contributed by atoms with Crippen LogP contribution in [0.15, 0.2) is 237 Å². The molecule has 0 fully saturated rings. The molecule has 1 heteroatoms. The predicted octanol–water partition coefficient (Wildman–Crippen LogP) is 16.1. The highest BCUT2D eigenvalue weighted by Crippen LogP contribution is 2.63. The van der Waals surface area contributed by atoms with Crippen LogP contribution in [0.3, 0.4) is 0 Å². The highest BCUT2D eigenvalue weighted by atomic mass is 14.7. The Morgan fingerprint density at radius 1 is 0.254 bits per heavy atom. The summed E-state index contributed by atoms with van der Waals surface area (Å²) in [6.07, 6.45) is 2.09. The van der Waals surface area contributed by atoms with Gasteiger partial charge in [-0.15, -0.1) is 0 Å². The first-order chi connectivity index (χ1) is 31.3. The average molecular weight is 798 g/mol. The van der Waals surface area contributed by atoms with Crippen LogP contribution in [-0.2, 0) is 5.41 Å². The van der Waals surface area contributed by atoms with Crippen LogP contribution in [0.5, 0.6) is 0 Å². The lowest BCUT2D eigenvalue weighted by Gasteiger charge is -2.30. The number of nitrogens with zero attached hydrogens (tertiary/aromatic N) is 1. The Labute approximate surface area is 367 Å². The molecule has 0 atom stereocenters. The van der Waals surface area contributed by atoms with Gasteiger partial charge in [-0.3, -0.25) is 4.98 Å². The van der Waals surface area contributed by atoms with Crippen LogP contribution in [0.2, 0.25) is 0 Å². The third-order valence-corrected chi connectivity index (χ3v) is 13.8. The van der Waals surface area contributed by atoms with Gasteiger partial charge < -0.3 is 0 Å². The molecule has 0 unspecified atom stereocenters. The smallest absolute Gasteiger partial charge is 0.0725 e. The van der Waals surface area contributed by atoms with Crippen molar-refractivity contribution in [1.29, 1.82) is 0 Å². The second-order valence-corrected chi connectivity index (χ2v) is 16.9. The number of pyridine rings is 1. The third-order valence-electron chi connectivity index (χ3n) is 13.8. The first kappa shape index (κ1) is 35.6. The number of hydrogen-bond donors (Lipinski definition) is 0. The topological polar surface area (TPSA) is 12.9 Å². The van der Waals surface area contributed by atoms with Gasteiger partial charge in [0.2, 0.25) is 0 Å². The molecule has 0 amide bonds. The van der Waals surface area contributed by atoms with Crippen LogP contribution in [0.25, 0.3) is 99.6 Å². The summed E-state index contributed by atoms with van der Waals surface area (Å²) in [6, 6.07) is 84.8. The van der Waals surface area contributed by atoms with Crippen LogP contribution in [0, 0.1) is 0 Å².